The summed E-state index contributed by atoms with van der Waals surface area (Å²) in [5.74, 6) is 1.12. The smallest absolute Gasteiger partial charge is 0.352 e. The van der Waals surface area contributed by atoms with Gasteiger partial charge in [0.1, 0.15) is 17.2 Å². The van der Waals surface area contributed by atoms with Gasteiger partial charge in [0, 0.05) is 50.2 Å². The summed E-state index contributed by atoms with van der Waals surface area (Å²) in [5.41, 5.74) is 1.93. The van der Waals surface area contributed by atoms with Crippen molar-refractivity contribution in [3.63, 3.8) is 0 Å². The lowest BCUT2D eigenvalue weighted by molar-refractivity contribution is -0.131. The Balaban J connectivity index is 1.08. The molecule has 206 valence electrons. The Morgan fingerprint density at radius 3 is 2.38 bits per heavy atom. The summed E-state index contributed by atoms with van der Waals surface area (Å²) in [6.45, 7) is 3.09. The van der Waals surface area contributed by atoms with E-state index in [-0.39, 0.29) is 11.7 Å². The molecule has 2 saturated carbocycles. The molecule has 10 nitrogen and oxygen atoms in total. The van der Waals surface area contributed by atoms with Gasteiger partial charge in [-0.2, -0.15) is 4.98 Å². The molecular weight excluding hydrogens is 494 g/mol. The first-order chi connectivity index (χ1) is 19.0. The van der Waals surface area contributed by atoms with Gasteiger partial charge in [-0.05, 0) is 43.4 Å². The van der Waals surface area contributed by atoms with Gasteiger partial charge in [-0.15, -0.1) is 0 Å². The van der Waals surface area contributed by atoms with Crippen molar-refractivity contribution >= 4 is 40.4 Å². The Labute approximate surface area is 228 Å². The molecule has 2 aliphatic carbocycles. The van der Waals surface area contributed by atoms with Gasteiger partial charge < -0.3 is 24.8 Å². The molecule has 0 aromatic carbocycles. The lowest BCUT2D eigenvalue weighted by Crippen LogP contribution is -2.48. The fourth-order valence-electron chi connectivity index (χ4n) is 6.53. The van der Waals surface area contributed by atoms with E-state index in [2.05, 4.69) is 25.2 Å². The Morgan fingerprint density at radius 1 is 0.949 bits per heavy atom. The van der Waals surface area contributed by atoms with Crippen molar-refractivity contribution in [1.29, 1.82) is 0 Å². The van der Waals surface area contributed by atoms with Crippen LogP contribution in [-0.2, 0) is 4.79 Å². The summed E-state index contributed by atoms with van der Waals surface area (Å²) in [4.78, 5) is 42.5. The molecule has 39 heavy (non-hydrogen) atoms. The number of aromatic carboxylic acids is 1. The highest BCUT2D eigenvalue weighted by Gasteiger charge is 2.26. The van der Waals surface area contributed by atoms with Gasteiger partial charge in [-0.25, -0.2) is 14.8 Å². The number of amides is 1. The summed E-state index contributed by atoms with van der Waals surface area (Å²) in [5, 5.41) is 13.7. The first-order valence-electron chi connectivity index (χ1n) is 14.4. The summed E-state index contributed by atoms with van der Waals surface area (Å²) >= 11 is 0. The molecule has 4 heterocycles. The molecule has 0 spiro atoms. The molecule has 1 saturated heterocycles. The molecule has 1 amide bonds. The second-order valence-corrected chi connectivity index (χ2v) is 11.2. The van der Waals surface area contributed by atoms with Crippen LogP contribution in [-0.4, -0.2) is 67.6 Å². The minimum Gasteiger partial charge on any atom is -0.477 e. The molecular formula is C29H37N7O3. The number of aromatic nitrogens is 4. The van der Waals surface area contributed by atoms with Crippen molar-refractivity contribution in [3.8, 4) is 0 Å². The molecule has 3 aromatic rings. The number of rotatable bonds is 8. The maximum absolute atomic E-state index is 12.7. The first kappa shape index (κ1) is 25.6. The number of piperazine rings is 1. The lowest BCUT2D eigenvalue weighted by Gasteiger charge is -2.36. The highest BCUT2D eigenvalue weighted by molar-refractivity contribution is 5.93. The Bertz CT molecular complexity index is 1320. The van der Waals surface area contributed by atoms with E-state index in [0.29, 0.717) is 29.7 Å². The van der Waals surface area contributed by atoms with Gasteiger partial charge >= 0.3 is 5.97 Å². The molecule has 2 N–H and O–H groups in total. The molecule has 0 bridgehead atoms. The quantitative estimate of drug-likeness (QED) is 0.417. The molecule has 3 aromatic heterocycles. The maximum Gasteiger partial charge on any atom is 0.352 e. The third-order valence-electron chi connectivity index (χ3n) is 8.71. The molecule has 3 aliphatic rings. The van der Waals surface area contributed by atoms with Crippen molar-refractivity contribution in [1.82, 2.24) is 24.4 Å². The van der Waals surface area contributed by atoms with Crippen LogP contribution in [0.5, 0.6) is 0 Å². The second-order valence-electron chi connectivity index (χ2n) is 11.2. The third kappa shape index (κ3) is 5.55. The topological polar surface area (TPSA) is 116 Å². The number of carbonyl (C=O) groups is 2. The van der Waals surface area contributed by atoms with Crippen molar-refractivity contribution in [2.45, 2.75) is 70.3 Å². The number of pyridine rings is 1. The predicted molar refractivity (Wildman–Crippen MR) is 149 cm³/mol. The average molecular weight is 532 g/mol. The van der Waals surface area contributed by atoms with Gasteiger partial charge in [-0.3, -0.25) is 4.79 Å². The van der Waals surface area contributed by atoms with Gasteiger partial charge in [0.15, 0.2) is 0 Å². The SMILES string of the molecule is O=C(O)c1cc2cnc(Nc3ccc(N4CCN(C(=O)CCC5CCCC5)CC4)cn3)nc2n1C1CCCC1. The van der Waals surface area contributed by atoms with E-state index in [1.54, 1.807) is 12.3 Å². The minimum atomic E-state index is -0.944. The Hall–Kier alpha value is -3.69. The van der Waals surface area contributed by atoms with Crippen molar-refractivity contribution in [2.75, 3.05) is 36.4 Å². The van der Waals surface area contributed by atoms with Crippen LogP contribution in [0.25, 0.3) is 11.0 Å². The Morgan fingerprint density at radius 2 is 1.69 bits per heavy atom. The number of fused-ring (bicyclic) bond motifs is 1. The monoisotopic (exact) mass is 531 g/mol. The van der Waals surface area contributed by atoms with E-state index in [1.165, 1.54) is 25.7 Å². The van der Waals surface area contributed by atoms with E-state index >= 15 is 0 Å². The third-order valence-corrected chi connectivity index (χ3v) is 8.71. The van der Waals surface area contributed by atoms with Crippen LogP contribution in [0.4, 0.5) is 17.5 Å². The van der Waals surface area contributed by atoms with Gasteiger partial charge in [0.05, 0.1) is 11.9 Å². The standard InChI is InChI=1S/C29H37N7O3/c37-26(12-9-20-5-1-2-6-20)35-15-13-34(14-16-35)23-10-11-25(30-19-23)32-29-31-18-21-17-24(28(38)39)36(27(21)33-29)22-7-3-4-8-22/h10-11,17-20,22H,1-9,12-16H2,(H,38,39)(H,30,31,32,33). The van der Waals surface area contributed by atoms with E-state index in [0.717, 1.165) is 75.3 Å². The fraction of sp³-hybridized carbons (Fsp3) is 0.552. The number of hydrogen-bond donors (Lipinski definition) is 2. The van der Waals surface area contributed by atoms with Gasteiger partial charge in [-0.1, -0.05) is 38.5 Å². The van der Waals surface area contributed by atoms with Crippen LogP contribution in [0.2, 0.25) is 0 Å². The number of hydrogen-bond acceptors (Lipinski definition) is 7. The summed E-state index contributed by atoms with van der Waals surface area (Å²) < 4.78 is 1.87. The van der Waals surface area contributed by atoms with Crippen molar-refractivity contribution in [3.05, 3.63) is 36.3 Å². The van der Waals surface area contributed by atoms with E-state index < -0.39 is 5.97 Å². The molecule has 1 aliphatic heterocycles. The second kappa shape index (κ2) is 11.2. The van der Waals surface area contributed by atoms with Crippen LogP contribution in [0.15, 0.2) is 30.6 Å². The summed E-state index contributed by atoms with van der Waals surface area (Å²) in [6.07, 6.45) is 14.6. The maximum atomic E-state index is 12.7. The van der Waals surface area contributed by atoms with E-state index in [9.17, 15) is 14.7 Å². The van der Waals surface area contributed by atoms with Gasteiger partial charge in [0.2, 0.25) is 11.9 Å². The number of nitrogens with zero attached hydrogens (tertiary/aromatic N) is 6. The first-order valence-corrected chi connectivity index (χ1v) is 14.4. The van der Waals surface area contributed by atoms with Gasteiger partial charge in [0.25, 0.3) is 0 Å². The molecule has 6 rings (SSSR count). The zero-order valence-electron chi connectivity index (χ0n) is 22.4. The van der Waals surface area contributed by atoms with E-state index in [1.807, 2.05) is 27.8 Å². The van der Waals surface area contributed by atoms with Crippen LogP contribution < -0.4 is 10.2 Å². The van der Waals surface area contributed by atoms with Crippen LogP contribution in [0.1, 0.15) is 80.7 Å². The number of carbonyl (C=O) groups excluding carboxylic acids is 1. The number of nitrogens with one attached hydrogen (secondary N) is 1. The zero-order chi connectivity index (χ0) is 26.8. The molecule has 3 fully saturated rings. The predicted octanol–water partition coefficient (Wildman–Crippen LogP) is 5.00. The minimum absolute atomic E-state index is 0.150. The normalized spacial score (nSPS) is 18.8. The zero-order valence-corrected chi connectivity index (χ0v) is 22.4. The average Bonchev–Trinajstić information content (AvgIpc) is 3.73. The summed E-state index contributed by atoms with van der Waals surface area (Å²) in [7, 11) is 0. The largest absolute Gasteiger partial charge is 0.477 e. The molecule has 0 unspecified atom stereocenters. The number of carboxylic acid groups (broad SMARTS) is 1. The molecule has 0 atom stereocenters. The lowest BCUT2D eigenvalue weighted by atomic mass is 10.0. The van der Waals surface area contributed by atoms with E-state index in [4.69, 9.17) is 0 Å². The van der Waals surface area contributed by atoms with Crippen LogP contribution >= 0.6 is 0 Å². The number of carboxylic acids is 1. The Kier molecular flexibility index (Phi) is 7.34. The summed E-state index contributed by atoms with van der Waals surface area (Å²) in [6, 6.07) is 5.74. The van der Waals surface area contributed by atoms with Crippen molar-refractivity contribution < 1.29 is 14.7 Å². The van der Waals surface area contributed by atoms with Crippen LogP contribution in [0, 0.1) is 5.92 Å². The fourth-order valence-corrected chi connectivity index (χ4v) is 6.53. The van der Waals surface area contributed by atoms with Crippen molar-refractivity contribution in [2.24, 2.45) is 5.92 Å². The highest BCUT2D eigenvalue weighted by atomic mass is 16.4. The molecule has 10 heteroatoms. The van der Waals surface area contributed by atoms with Crippen LogP contribution in [0.3, 0.4) is 0 Å². The number of anilines is 3. The highest BCUT2D eigenvalue weighted by Crippen LogP contribution is 2.34. The molecule has 0 radical (unpaired) electrons.